The van der Waals surface area contributed by atoms with Crippen molar-refractivity contribution in [3.8, 4) is 0 Å². The largest absolute Gasteiger partial charge is 0.392 e. The van der Waals surface area contributed by atoms with Crippen LogP contribution in [-0.2, 0) is 19.4 Å². The van der Waals surface area contributed by atoms with Crippen molar-refractivity contribution in [2.45, 2.75) is 45.8 Å². The van der Waals surface area contributed by atoms with Gasteiger partial charge >= 0.3 is 0 Å². The lowest BCUT2D eigenvalue weighted by molar-refractivity contribution is 0.0722. The van der Waals surface area contributed by atoms with Crippen molar-refractivity contribution in [1.29, 1.82) is 0 Å². The summed E-state index contributed by atoms with van der Waals surface area (Å²) in [4.78, 5) is 29.2. The lowest BCUT2D eigenvalue weighted by atomic mass is 10.0. The van der Waals surface area contributed by atoms with Gasteiger partial charge in [0.25, 0.3) is 5.91 Å². The first-order valence-corrected chi connectivity index (χ1v) is 11.4. The van der Waals surface area contributed by atoms with Gasteiger partial charge in [-0.05, 0) is 50.3 Å². The number of rotatable bonds is 3. The number of aromatic nitrogens is 2. The van der Waals surface area contributed by atoms with Crippen molar-refractivity contribution >= 4 is 33.3 Å². The maximum absolute atomic E-state index is 13.2. The molecule has 2 aromatic heterocycles. The Morgan fingerprint density at radius 3 is 2.93 bits per heavy atom. The summed E-state index contributed by atoms with van der Waals surface area (Å²) in [6.07, 6.45) is 5.15. The van der Waals surface area contributed by atoms with Gasteiger partial charge in [-0.15, -0.1) is 11.3 Å². The molecule has 3 aromatic rings. The van der Waals surface area contributed by atoms with E-state index in [-0.39, 0.29) is 18.6 Å². The summed E-state index contributed by atoms with van der Waals surface area (Å²) in [6.45, 7) is 6.01. The summed E-state index contributed by atoms with van der Waals surface area (Å²) in [6, 6.07) is 5.81. The summed E-state index contributed by atoms with van der Waals surface area (Å²) in [5.41, 5.74) is 3.76. The molecule has 0 bridgehead atoms. The van der Waals surface area contributed by atoms with Crippen LogP contribution in [0.5, 0.6) is 0 Å². The number of aliphatic hydroxyl groups excluding tert-OH is 1. The van der Waals surface area contributed by atoms with Gasteiger partial charge in [-0.3, -0.25) is 4.79 Å². The van der Waals surface area contributed by atoms with Crippen LogP contribution in [0.4, 0.5) is 5.82 Å². The van der Waals surface area contributed by atoms with E-state index in [1.807, 2.05) is 41.4 Å². The predicted molar refractivity (Wildman–Crippen MR) is 119 cm³/mol. The van der Waals surface area contributed by atoms with Crippen molar-refractivity contribution < 1.29 is 9.90 Å². The van der Waals surface area contributed by atoms with Gasteiger partial charge in [-0.1, -0.05) is 17.7 Å². The molecule has 30 heavy (non-hydrogen) atoms. The van der Waals surface area contributed by atoms with Crippen LogP contribution in [0.25, 0.3) is 10.2 Å². The van der Waals surface area contributed by atoms with Gasteiger partial charge in [-0.25, -0.2) is 9.97 Å². The molecule has 3 heterocycles. The summed E-state index contributed by atoms with van der Waals surface area (Å²) >= 11 is 1.81. The van der Waals surface area contributed by atoms with Crippen molar-refractivity contribution in [3.63, 3.8) is 0 Å². The second-order valence-electron chi connectivity index (χ2n) is 8.35. The lowest BCUT2D eigenvalue weighted by Crippen LogP contribution is -2.54. The molecule has 0 radical (unpaired) electrons. The molecule has 0 saturated carbocycles. The van der Waals surface area contributed by atoms with Crippen LogP contribution in [0, 0.1) is 6.92 Å². The van der Waals surface area contributed by atoms with Crippen LogP contribution >= 0.6 is 11.3 Å². The second kappa shape index (κ2) is 7.63. The molecule has 5 rings (SSSR count). The monoisotopic (exact) mass is 422 g/mol. The fraction of sp³-hybridized carbons (Fsp3) is 0.435. The number of amides is 1. The molecule has 2 aliphatic rings. The van der Waals surface area contributed by atoms with Crippen LogP contribution in [0.1, 0.15) is 45.3 Å². The molecule has 0 spiro atoms. The highest BCUT2D eigenvalue weighted by molar-refractivity contribution is 7.19. The van der Waals surface area contributed by atoms with Gasteiger partial charge < -0.3 is 14.9 Å². The van der Waals surface area contributed by atoms with E-state index < -0.39 is 0 Å². The van der Waals surface area contributed by atoms with E-state index in [1.54, 1.807) is 6.33 Å². The molecule has 1 amide bonds. The number of hydrogen-bond donors (Lipinski definition) is 1. The van der Waals surface area contributed by atoms with Gasteiger partial charge in [-0.2, -0.15) is 0 Å². The molecule has 1 unspecified atom stereocenters. The average molecular weight is 423 g/mol. The molecule has 1 fully saturated rings. The molecule has 156 valence electrons. The number of carbonyl (C=O) groups excluding carboxylic acids is 1. The second-order valence-corrected chi connectivity index (χ2v) is 9.43. The van der Waals surface area contributed by atoms with Crippen LogP contribution in [0.3, 0.4) is 0 Å². The third kappa shape index (κ3) is 3.17. The Balaban J connectivity index is 1.41. The van der Waals surface area contributed by atoms with Gasteiger partial charge in [0.15, 0.2) is 0 Å². The molecule has 1 aromatic carbocycles. The molecule has 7 heteroatoms. The Bertz CT molecular complexity index is 1130. The van der Waals surface area contributed by atoms with E-state index in [2.05, 4.69) is 21.8 Å². The third-order valence-corrected chi connectivity index (χ3v) is 7.53. The maximum atomic E-state index is 13.2. The molecule has 6 nitrogen and oxygen atoms in total. The van der Waals surface area contributed by atoms with Crippen LogP contribution < -0.4 is 4.90 Å². The Morgan fingerprint density at radius 1 is 1.27 bits per heavy atom. The van der Waals surface area contributed by atoms with Crippen molar-refractivity contribution in [2.24, 2.45) is 0 Å². The minimum absolute atomic E-state index is 0.00138. The fourth-order valence-electron chi connectivity index (χ4n) is 4.78. The SMILES string of the molecule is Cc1ccc(CO)c(C(=O)N2CCN(c3ncnc4sc5c(c34)CCC5)C(C)C2)c1. The highest BCUT2D eigenvalue weighted by Gasteiger charge is 2.31. The summed E-state index contributed by atoms with van der Waals surface area (Å²) < 4.78 is 0. The van der Waals surface area contributed by atoms with E-state index in [9.17, 15) is 9.90 Å². The first-order chi connectivity index (χ1) is 14.6. The Kier molecular flexibility index (Phi) is 4.95. The normalized spacial score (nSPS) is 18.8. The number of benzene rings is 1. The first-order valence-electron chi connectivity index (χ1n) is 10.6. The van der Waals surface area contributed by atoms with E-state index in [4.69, 9.17) is 0 Å². The minimum atomic E-state index is -0.126. The Labute approximate surface area is 180 Å². The number of piperazine rings is 1. The zero-order valence-corrected chi connectivity index (χ0v) is 18.2. The van der Waals surface area contributed by atoms with Gasteiger partial charge in [0, 0.05) is 36.1 Å². The molecule has 1 saturated heterocycles. The maximum Gasteiger partial charge on any atom is 0.254 e. The number of aryl methyl sites for hydroxylation is 3. The van der Waals surface area contributed by atoms with Crippen LogP contribution in [0.2, 0.25) is 0 Å². The number of carbonyl (C=O) groups is 1. The number of anilines is 1. The standard InChI is InChI=1S/C23H26N4O2S/c1-14-6-7-16(12-28)18(10-14)23(29)26-8-9-27(15(2)11-26)21-20-17-4-3-5-19(17)30-22(20)25-13-24-21/h6-7,10,13,15,28H,3-5,8-9,11-12H2,1-2H3. The van der Waals surface area contributed by atoms with Crippen molar-refractivity contribution in [3.05, 3.63) is 51.7 Å². The number of aliphatic hydroxyl groups is 1. The zero-order chi connectivity index (χ0) is 20.8. The lowest BCUT2D eigenvalue weighted by Gasteiger charge is -2.41. The molecule has 1 aliphatic carbocycles. The van der Waals surface area contributed by atoms with Crippen LogP contribution in [-0.4, -0.2) is 51.6 Å². The smallest absolute Gasteiger partial charge is 0.254 e. The third-order valence-electron chi connectivity index (χ3n) is 6.33. The van der Waals surface area contributed by atoms with E-state index in [0.29, 0.717) is 24.2 Å². The highest BCUT2D eigenvalue weighted by Crippen LogP contribution is 2.40. The number of hydrogen-bond acceptors (Lipinski definition) is 6. The minimum Gasteiger partial charge on any atom is -0.392 e. The molecular weight excluding hydrogens is 396 g/mol. The van der Waals surface area contributed by atoms with E-state index in [1.165, 1.54) is 22.2 Å². The van der Waals surface area contributed by atoms with E-state index in [0.717, 1.165) is 35.6 Å². The van der Waals surface area contributed by atoms with Gasteiger partial charge in [0.2, 0.25) is 0 Å². The zero-order valence-electron chi connectivity index (χ0n) is 17.4. The number of nitrogens with zero attached hydrogens (tertiary/aromatic N) is 4. The number of thiophene rings is 1. The summed E-state index contributed by atoms with van der Waals surface area (Å²) in [7, 11) is 0. The molecule has 1 N–H and O–H groups in total. The Morgan fingerprint density at radius 2 is 2.13 bits per heavy atom. The van der Waals surface area contributed by atoms with Gasteiger partial charge in [0.05, 0.1) is 12.0 Å². The van der Waals surface area contributed by atoms with Crippen molar-refractivity contribution in [1.82, 2.24) is 14.9 Å². The number of fused-ring (bicyclic) bond motifs is 3. The summed E-state index contributed by atoms with van der Waals surface area (Å²) in [5, 5.41) is 10.9. The quantitative estimate of drug-likeness (QED) is 0.701. The summed E-state index contributed by atoms with van der Waals surface area (Å²) in [5.74, 6) is 1.02. The highest BCUT2D eigenvalue weighted by atomic mass is 32.1. The Hall–Kier alpha value is -2.51. The predicted octanol–water partition coefficient (Wildman–Crippen LogP) is 3.33. The van der Waals surface area contributed by atoms with Gasteiger partial charge in [0.1, 0.15) is 17.0 Å². The van der Waals surface area contributed by atoms with E-state index >= 15 is 0 Å². The first kappa shape index (κ1) is 19.5. The fourth-order valence-corrected chi connectivity index (χ4v) is 6.01. The topological polar surface area (TPSA) is 69.6 Å². The molecule has 1 atom stereocenters. The molecule has 1 aliphatic heterocycles. The average Bonchev–Trinajstić information content (AvgIpc) is 3.34. The van der Waals surface area contributed by atoms with Crippen LogP contribution in [0.15, 0.2) is 24.5 Å². The molecular formula is C23H26N4O2S. The van der Waals surface area contributed by atoms with Crippen molar-refractivity contribution in [2.75, 3.05) is 24.5 Å².